The first kappa shape index (κ1) is 11.4. The van der Waals surface area contributed by atoms with Crippen LogP contribution in [-0.4, -0.2) is 30.9 Å². The van der Waals surface area contributed by atoms with Crippen LogP contribution in [0.3, 0.4) is 0 Å². The van der Waals surface area contributed by atoms with Gasteiger partial charge in [0.15, 0.2) is 0 Å². The third-order valence-electron chi connectivity index (χ3n) is 3.27. The Balaban J connectivity index is 1.98. The average Bonchev–Trinajstić information content (AvgIpc) is 2.74. The lowest BCUT2D eigenvalue weighted by Crippen LogP contribution is -2.31. The Morgan fingerprint density at radius 2 is 2.25 bits per heavy atom. The molecule has 1 heterocycles. The van der Waals surface area contributed by atoms with E-state index in [0.29, 0.717) is 6.54 Å². The second kappa shape index (κ2) is 4.85. The third kappa shape index (κ3) is 2.54. The van der Waals surface area contributed by atoms with Crippen molar-refractivity contribution in [1.29, 1.82) is 0 Å². The van der Waals surface area contributed by atoms with E-state index in [1.807, 2.05) is 18.2 Å². The normalized spacial score (nSPS) is 24.6. The molecule has 0 amide bonds. The molecule has 0 aromatic heterocycles. The van der Waals surface area contributed by atoms with Gasteiger partial charge in [-0.1, -0.05) is 18.2 Å². The molecule has 0 aliphatic carbocycles. The predicted octanol–water partition coefficient (Wildman–Crippen LogP) is 1.35. The first-order valence-corrected chi connectivity index (χ1v) is 5.78. The minimum Gasteiger partial charge on any atom is -0.496 e. The van der Waals surface area contributed by atoms with Gasteiger partial charge in [-0.05, 0) is 37.4 Å². The highest BCUT2D eigenvalue weighted by atomic mass is 16.5. The minimum absolute atomic E-state index is 0.527. The van der Waals surface area contributed by atoms with Crippen molar-refractivity contribution >= 4 is 0 Å². The summed E-state index contributed by atoms with van der Waals surface area (Å²) >= 11 is 0. The van der Waals surface area contributed by atoms with E-state index in [4.69, 9.17) is 4.74 Å². The number of para-hydroxylation sites is 1. The fraction of sp³-hybridized carbons (Fsp3) is 0.538. The van der Waals surface area contributed by atoms with Gasteiger partial charge >= 0.3 is 0 Å². The van der Waals surface area contributed by atoms with E-state index in [1.54, 1.807) is 7.11 Å². The van der Waals surface area contributed by atoms with Gasteiger partial charge in [-0.25, -0.2) is 0 Å². The fourth-order valence-corrected chi connectivity index (χ4v) is 2.22. The van der Waals surface area contributed by atoms with Gasteiger partial charge in [-0.15, -0.1) is 0 Å². The van der Waals surface area contributed by atoms with Crippen molar-refractivity contribution in [3.8, 4) is 5.75 Å². The van der Waals surface area contributed by atoms with Gasteiger partial charge in [0.25, 0.3) is 0 Å². The highest BCUT2D eigenvalue weighted by Gasteiger charge is 2.30. The lowest BCUT2D eigenvalue weighted by molar-refractivity contribution is 0.0525. The average molecular weight is 221 g/mol. The molecule has 3 nitrogen and oxygen atoms in total. The number of aliphatic hydroxyl groups is 1. The summed E-state index contributed by atoms with van der Waals surface area (Å²) in [6.07, 6.45) is 2.50. The Morgan fingerprint density at radius 1 is 1.44 bits per heavy atom. The molecule has 88 valence electrons. The standard InChI is InChI=1S/C13H19NO2/c1-16-12-5-3-2-4-11(12)6-7-13(15)8-9-14-10-13/h2-5,14-15H,6-10H2,1H3. The number of rotatable bonds is 4. The zero-order valence-electron chi connectivity index (χ0n) is 9.70. The molecule has 1 aliphatic rings. The number of aryl methyl sites for hydroxylation is 1. The Morgan fingerprint density at radius 3 is 2.94 bits per heavy atom. The van der Waals surface area contributed by atoms with Gasteiger partial charge in [-0.2, -0.15) is 0 Å². The number of hydrogen-bond acceptors (Lipinski definition) is 3. The maximum atomic E-state index is 10.2. The highest BCUT2D eigenvalue weighted by Crippen LogP contribution is 2.25. The molecule has 1 saturated heterocycles. The second-order valence-corrected chi connectivity index (χ2v) is 4.46. The summed E-state index contributed by atoms with van der Waals surface area (Å²) in [7, 11) is 1.69. The Labute approximate surface area is 96.4 Å². The number of hydrogen-bond donors (Lipinski definition) is 2. The quantitative estimate of drug-likeness (QED) is 0.806. The number of benzene rings is 1. The van der Waals surface area contributed by atoms with Gasteiger partial charge < -0.3 is 15.2 Å². The largest absolute Gasteiger partial charge is 0.496 e. The van der Waals surface area contributed by atoms with Gasteiger partial charge in [0.1, 0.15) is 5.75 Å². The summed E-state index contributed by atoms with van der Waals surface area (Å²) < 4.78 is 5.30. The van der Waals surface area contributed by atoms with Crippen LogP contribution in [0.25, 0.3) is 0 Å². The van der Waals surface area contributed by atoms with E-state index in [1.165, 1.54) is 5.56 Å². The van der Waals surface area contributed by atoms with Crippen molar-refractivity contribution in [2.24, 2.45) is 0 Å². The van der Waals surface area contributed by atoms with Gasteiger partial charge in [0.05, 0.1) is 12.7 Å². The lowest BCUT2D eigenvalue weighted by Gasteiger charge is -2.21. The summed E-state index contributed by atoms with van der Waals surface area (Å²) in [6.45, 7) is 1.63. The first-order valence-electron chi connectivity index (χ1n) is 5.78. The molecule has 0 radical (unpaired) electrons. The summed E-state index contributed by atoms with van der Waals surface area (Å²) in [5.41, 5.74) is 0.645. The Bertz CT molecular complexity index is 346. The van der Waals surface area contributed by atoms with Crippen LogP contribution in [0.1, 0.15) is 18.4 Å². The first-order chi connectivity index (χ1) is 7.73. The van der Waals surface area contributed by atoms with E-state index < -0.39 is 5.60 Å². The molecule has 16 heavy (non-hydrogen) atoms. The fourth-order valence-electron chi connectivity index (χ4n) is 2.22. The van der Waals surface area contributed by atoms with E-state index in [2.05, 4.69) is 11.4 Å². The van der Waals surface area contributed by atoms with E-state index in [9.17, 15) is 5.11 Å². The van der Waals surface area contributed by atoms with E-state index in [0.717, 1.165) is 31.6 Å². The predicted molar refractivity (Wildman–Crippen MR) is 63.8 cm³/mol. The van der Waals surface area contributed by atoms with Crippen LogP contribution in [0.2, 0.25) is 0 Å². The number of β-amino-alcohol motifs (C(OH)–C–C–N with tert-alkyl or cyclic N) is 1. The molecular formula is C13H19NO2. The summed E-state index contributed by atoms with van der Waals surface area (Å²) in [6, 6.07) is 8.00. The topological polar surface area (TPSA) is 41.5 Å². The molecule has 1 atom stereocenters. The zero-order chi connectivity index (χ0) is 11.4. The van der Waals surface area contributed by atoms with Crippen LogP contribution in [0.5, 0.6) is 5.75 Å². The molecule has 2 N–H and O–H groups in total. The highest BCUT2D eigenvalue weighted by molar-refractivity contribution is 5.33. The maximum Gasteiger partial charge on any atom is 0.122 e. The monoisotopic (exact) mass is 221 g/mol. The van der Waals surface area contributed by atoms with Crippen LogP contribution in [0, 0.1) is 0 Å². The SMILES string of the molecule is COc1ccccc1CCC1(O)CCNC1. The van der Waals surface area contributed by atoms with Crippen LogP contribution >= 0.6 is 0 Å². The molecule has 2 rings (SSSR count). The van der Waals surface area contributed by atoms with Crippen molar-refractivity contribution in [2.75, 3.05) is 20.2 Å². The minimum atomic E-state index is -0.527. The van der Waals surface area contributed by atoms with Crippen LogP contribution in [0.15, 0.2) is 24.3 Å². The molecule has 0 spiro atoms. The van der Waals surface area contributed by atoms with Crippen molar-refractivity contribution in [1.82, 2.24) is 5.32 Å². The molecule has 1 unspecified atom stereocenters. The summed E-state index contributed by atoms with van der Waals surface area (Å²) in [5, 5.41) is 13.4. The molecule has 3 heteroatoms. The zero-order valence-corrected chi connectivity index (χ0v) is 9.70. The van der Waals surface area contributed by atoms with Crippen LogP contribution in [0.4, 0.5) is 0 Å². The van der Waals surface area contributed by atoms with Crippen LogP contribution in [-0.2, 0) is 6.42 Å². The summed E-state index contributed by atoms with van der Waals surface area (Å²) in [5.74, 6) is 0.914. The maximum absolute atomic E-state index is 10.2. The number of nitrogens with one attached hydrogen (secondary N) is 1. The Hall–Kier alpha value is -1.06. The molecule has 1 fully saturated rings. The molecule has 0 saturated carbocycles. The lowest BCUT2D eigenvalue weighted by atomic mass is 9.94. The molecule has 1 aromatic carbocycles. The second-order valence-electron chi connectivity index (χ2n) is 4.46. The molecule has 1 aromatic rings. The van der Waals surface area contributed by atoms with E-state index in [-0.39, 0.29) is 0 Å². The van der Waals surface area contributed by atoms with Crippen LogP contribution < -0.4 is 10.1 Å². The number of methoxy groups -OCH3 is 1. The molecule has 1 aliphatic heterocycles. The van der Waals surface area contributed by atoms with Crippen molar-refractivity contribution in [3.63, 3.8) is 0 Å². The molecular weight excluding hydrogens is 202 g/mol. The van der Waals surface area contributed by atoms with Gasteiger partial charge in [0.2, 0.25) is 0 Å². The molecule has 0 bridgehead atoms. The van der Waals surface area contributed by atoms with Crippen molar-refractivity contribution < 1.29 is 9.84 Å². The van der Waals surface area contributed by atoms with Gasteiger partial charge in [-0.3, -0.25) is 0 Å². The van der Waals surface area contributed by atoms with Crippen molar-refractivity contribution in [2.45, 2.75) is 24.9 Å². The van der Waals surface area contributed by atoms with E-state index >= 15 is 0 Å². The smallest absolute Gasteiger partial charge is 0.122 e. The van der Waals surface area contributed by atoms with Crippen molar-refractivity contribution in [3.05, 3.63) is 29.8 Å². The Kier molecular flexibility index (Phi) is 3.46. The summed E-state index contributed by atoms with van der Waals surface area (Å²) in [4.78, 5) is 0. The number of ether oxygens (including phenoxy) is 1. The van der Waals surface area contributed by atoms with Gasteiger partial charge in [0, 0.05) is 6.54 Å². The third-order valence-corrected chi connectivity index (χ3v) is 3.27.